The molecule has 0 aromatic carbocycles. The Morgan fingerprint density at radius 3 is 2.58 bits per heavy atom. The molecule has 0 aliphatic rings. The van der Waals surface area contributed by atoms with Gasteiger partial charge in [0.1, 0.15) is 5.02 Å². The highest BCUT2D eigenvalue weighted by atomic mass is 35.5. The van der Waals surface area contributed by atoms with Crippen LogP contribution in [0.2, 0.25) is 5.02 Å². The van der Waals surface area contributed by atoms with E-state index in [-0.39, 0.29) is 0 Å². The van der Waals surface area contributed by atoms with Crippen LogP contribution in [-0.2, 0) is 0 Å². The molecule has 0 fully saturated rings. The van der Waals surface area contributed by atoms with Crippen molar-refractivity contribution in [2.45, 2.75) is 20.8 Å². The van der Waals surface area contributed by atoms with E-state index in [4.69, 9.17) is 11.6 Å². The smallest absolute Gasteiger partial charge is 0.152 e. The Bertz CT molecular complexity index is 397. The number of halogens is 1. The number of aromatic amines is 1. The summed E-state index contributed by atoms with van der Waals surface area (Å²) >= 11 is 6.01. The van der Waals surface area contributed by atoms with Crippen LogP contribution >= 0.6 is 11.6 Å². The summed E-state index contributed by atoms with van der Waals surface area (Å²) in [6, 6.07) is 0. The lowest BCUT2D eigenvalue weighted by Crippen LogP contribution is -1.87. The summed E-state index contributed by atoms with van der Waals surface area (Å²) < 4.78 is 1.84. The van der Waals surface area contributed by atoms with Crippen molar-refractivity contribution in [3.8, 4) is 0 Å². The third kappa shape index (κ3) is 0.799. The Hall–Kier alpha value is -0.960. The molecule has 0 radical (unpaired) electrons. The van der Waals surface area contributed by atoms with E-state index in [0.717, 1.165) is 22.7 Å². The van der Waals surface area contributed by atoms with Gasteiger partial charge >= 0.3 is 0 Å². The minimum atomic E-state index is 0.714. The van der Waals surface area contributed by atoms with E-state index in [1.807, 2.05) is 25.3 Å². The van der Waals surface area contributed by atoms with E-state index in [1.54, 1.807) is 0 Å². The van der Waals surface area contributed by atoms with Gasteiger partial charge in [-0.15, -0.1) is 0 Å². The molecule has 0 atom stereocenters. The first-order chi connectivity index (χ1) is 5.61. The fraction of sp³-hybridized carbons (Fsp3) is 0.375. The van der Waals surface area contributed by atoms with Crippen LogP contribution in [0.1, 0.15) is 17.1 Å². The minimum Gasteiger partial charge on any atom is -0.341 e. The molecule has 0 saturated carbocycles. The lowest BCUT2D eigenvalue weighted by Gasteiger charge is -1.87. The van der Waals surface area contributed by atoms with Crippen LogP contribution in [0.5, 0.6) is 0 Å². The van der Waals surface area contributed by atoms with Crippen molar-refractivity contribution in [1.29, 1.82) is 0 Å². The number of imidazole rings is 1. The molecule has 0 spiro atoms. The summed E-state index contributed by atoms with van der Waals surface area (Å²) in [5.74, 6) is 0. The molecule has 2 heterocycles. The number of aryl methyl sites for hydroxylation is 3. The summed E-state index contributed by atoms with van der Waals surface area (Å²) in [6.07, 6.45) is 0. The maximum absolute atomic E-state index is 6.01. The zero-order valence-corrected chi connectivity index (χ0v) is 8.03. The van der Waals surface area contributed by atoms with Crippen LogP contribution in [0.3, 0.4) is 0 Å². The number of fused-ring (bicyclic) bond motifs is 1. The van der Waals surface area contributed by atoms with Gasteiger partial charge in [-0.05, 0) is 20.8 Å². The number of hydrogen-bond donors (Lipinski definition) is 1. The van der Waals surface area contributed by atoms with Gasteiger partial charge in [0.2, 0.25) is 0 Å². The van der Waals surface area contributed by atoms with E-state index < -0.39 is 0 Å². The first-order valence-corrected chi connectivity index (χ1v) is 4.19. The zero-order valence-electron chi connectivity index (χ0n) is 7.27. The summed E-state index contributed by atoms with van der Waals surface area (Å²) in [6.45, 7) is 5.93. The highest BCUT2D eigenvalue weighted by molar-refractivity contribution is 6.34. The van der Waals surface area contributed by atoms with E-state index in [2.05, 4.69) is 10.1 Å². The van der Waals surface area contributed by atoms with Crippen molar-refractivity contribution in [3.63, 3.8) is 0 Å². The molecule has 1 N–H and O–H groups in total. The third-order valence-electron chi connectivity index (χ3n) is 2.15. The topological polar surface area (TPSA) is 33.1 Å². The average molecular weight is 184 g/mol. The molecule has 0 unspecified atom stereocenters. The highest BCUT2D eigenvalue weighted by Gasteiger charge is 2.11. The normalized spacial score (nSPS) is 11.3. The first-order valence-electron chi connectivity index (χ1n) is 3.81. The summed E-state index contributed by atoms with van der Waals surface area (Å²) in [5.41, 5.74) is 3.98. The quantitative estimate of drug-likeness (QED) is 0.668. The van der Waals surface area contributed by atoms with Crippen molar-refractivity contribution >= 4 is 17.2 Å². The first kappa shape index (κ1) is 7.68. The Balaban J connectivity index is 2.93. The summed E-state index contributed by atoms with van der Waals surface area (Å²) in [4.78, 5) is 3.18. The third-order valence-corrected chi connectivity index (χ3v) is 2.61. The van der Waals surface area contributed by atoms with Gasteiger partial charge in [-0.3, -0.25) is 0 Å². The number of hydrogen-bond acceptors (Lipinski definition) is 1. The van der Waals surface area contributed by atoms with Gasteiger partial charge in [0, 0.05) is 5.69 Å². The van der Waals surface area contributed by atoms with Gasteiger partial charge in [-0.2, -0.15) is 5.10 Å². The van der Waals surface area contributed by atoms with Gasteiger partial charge in [0.15, 0.2) is 5.65 Å². The molecule has 4 heteroatoms. The number of rotatable bonds is 0. The SMILES string of the molecule is Cc1nn2c(C)c(C)[nH]c2c1Cl. The lowest BCUT2D eigenvalue weighted by atomic mass is 10.4. The van der Waals surface area contributed by atoms with Crippen molar-refractivity contribution in [2.75, 3.05) is 0 Å². The van der Waals surface area contributed by atoms with Crippen LogP contribution in [0.4, 0.5) is 0 Å². The molecule has 0 aliphatic carbocycles. The number of aromatic nitrogens is 3. The van der Waals surface area contributed by atoms with Crippen LogP contribution in [0, 0.1) is 20.8 Å². The maximum Gasteiger partial charge on any atom is 0.152 e. The van der Waals surface area contributed by atoms with E-state index in [0.29, 0.717) is 5.02 Å². The molecule has 12 heavy (non-hydrogen) atoms. The second-order valence-electron chi connectivity index (χ2n) is 3.00. The van der Waals surface area contributed by atoms with Crippen LogP contribution in [0.25, 0.3) is 5.65 Å². The molecule has 0 bridgehead atoms. The zero-order chi connectivity index (χ0) is 8.88. The summed E-state index contributed by atoms with van der Waals surface area (Å²) in [5, 5.41) is 5.00. The van der Waals surface area contributed by atoms with Gasteiger partial charge in [0.05, 0.1) is 11.4 Å². The monoisotopic (exact) mass is 183 g/mol. The molecule has 2 aromatic heterocycles. The van der Waals surface area contributed by atoms with Crippen LogP contribution in [0.15, 0.2) is 0 Å². The highest BCUT2D eigenvalue weighted by Crippen LogP contribution is 2.22. The van der Waals surface area contributed by atoms with Gasteiger partial charge in [0.25, 0.3) is 0 Å². The Labute approximate surface area is 75.3 Å². The molecular weight excluding hydrogens is 174 g/mol. The number of nitrogens with zero attached hydrogens (tertiary/aromatic N) is 2. The molecule has 0 amide bonds. The molecule has 0 aliphatic heterocycles. The molecule has 3 nitrogen and oxygen atoms in total. The van der Waals surface area contributed by atoms with Crippen LogP contribution in [-0.4, -0.2) is 14.6 Å². The summed E-state index contributed by atoms with van der Waals surface area (Å²) in [7, 11) is 0. The number of H-pyrrole nitrogens is 1. The fourth-order valence-corrected chi connectivity index (χ4v) is 1.45. The predicted molar refractivity (Wildman–Crippen MR) is 48.8 cm³/mol. The Morgan fingerprint density at radius 2 is 2.00 bits per heavy atom. The molecule has 2 aromatic rings. The minimum absolute atomic E-state index is 0.714. The Kier molecular flexibility index (Phi) is 1.45. The second-order valence-corrected chi connectivity index (χ2v) is 3.37. The van der Waals surface area contributed by atoms with Gasteiger partial charge < -0.3 is 4.98 Å². The van der Waals surface area contributed by atoms with Crippen molar-refractivity contribution < 1.29 is 0 Å². The van der Waals surface area contributed by atoms with E-state index in [1.165, 1.54) is 0 Å². The number of nitrogens with one attached hydrogen (secondary N) is 1. The molecule has 64 valence electrons. The van der Waals surface area contributed by atoms with Crippen molar-refractivity contribution in [1.82, 2.24) is 14.6 Å². The van der Waals surface area contributed by atoms with Crippen molar-refractivity contribution in [2.24, 2.45) is 0 Å². The van der Waals surface area contributed by atoms with Crippen molar-refractivity contribution in [3.05, 3.63) is 22.1 Å². The maximum atomic E-state index is 6.01. The van der Waals surface area contributed by atoms with Gasteiger partial charge in [-0.1, -0.05) is 11.6 Å². The van der Waals surface area contributed by atoms with Gasteiger partial charge in [-0.25, -0.2) is 4.52 Å². The standard InChI is InChI=1S/C8H10ClN3/c1-4-6(3)12-8(10-4)7(9)5(2)11-12/h10H,1-3H3. The predicted octanol–water partition coefficient (Wildman–Crippen LogP) is 2.24. The molecular formula is C8H10ClN3. The average Bonchev–Trinajstić information content (AvgIpc) is 2.43. The van der Waals surface area contributed by atoms with Crippen LogP contribution < -0.4 is 0 Å². The Morgan fingerprint density at radius 1 is 1.33 bits per heavy atom. The van der Waals surface area contributed by atoms with E-state index >= 15 is 0 Å². The van der Waals surface area contributed by atoms with E-state index in [9.17, 15) is 0 Å². The molecule has 2 rings (SSSR count). The largest absolute Gasteiger partial charge is 0.341 e. The second kappa shape index (κ2) is 2.26. The lowest BCUT2D eigenvalue weighted by molar-refractivity contribution is 0.902. The molecule has 0 saturated heterocycles. The fourth-order valence-electron chi connectivity index (χ4n) is 1.29.